The minimum absolute atomic E-state index is 0. The Morgan fingerprint density at radius 3 is 1.20 bits per heavy atom. The van der Waals surface area contributed by atoms with Gasteiger partial charge in [-0.2, -0.15) is 0 Å². The van der Waals surface area contributed by atoms with Gasteiger partial charge in [0.1, 0.15) is 0 Å². The van der Waals surface area contributed by atoms with Crippen LogP contribution >= 0.6 is 0 Å². The molecule has 0 amide bonds. The third-order valence-corrected chi connectivity index (χ3v) is 0.276. The largest absolute Gasteiger partial charge is 0.472 e. The molecule has 0 aromatic heterocycles. The number of carbonyl (C=O) groups is 2. The molecule has 0 aromatic rings. The molecule has 6 heteroatoms. The fourth-order valence-corrected chi connectivity index (χ4v) is 0.107. The van der Waals surface area contributed by atoms with Crippen molar-refractivity contribution >= 4 is 71.1 Å². The fraction of sp³-hybridized carbons (Fsp3) is 0. The first-order valence-electron chi connectivity index (χ1n) is 1.61. The molecule has 0 heterocycles. The number of carboxylic acid groups (broad SMARTS) is 2. The van der Waals surface area contributed by atoms with Crippen LogP contribution in [0.4, 0.5) is 0 Å². The van der Waals surface area contributed by atoms with Crippen LogP contribution in [0.15, 0.2) is 0 Å². The molecule has 0 saturated heterocycles. The van der Waals surface area contributed by atoms with Gasteiger partial charge in [-0.05, 0) is 0 Å². The number of rotatable bonds is 0. The van der Waals surface area contributed by atoms with Gasteiger partial charge in [-0.1, -0.05) is 0 Å². The average Bonchev–Trinajstić information content (AvgIpc) is 1.61. The van der Waals surface area contributed by atoms with Gasteiger partial charge in [0.25, 0.3) is 0 Å². The second-order valence-electron chi connectivity index (χ2n) is 0.860. The summed E-state index contributed by atoms with van der Waals surface area (Å²) in [4.78, 5) is 18.9. The van der Waals surface area contributed by atoms with Crippen molar-refractivity contribution in [1.82, 2.24) is 0 Å². The van der Waals surface area contributed by atoms with E-state index in [1.165, 1.54) is 11.8 Å². The maximum atomic E-state index is 9.47. The zero-order valence-corrected chi connectivity index (χ0v) is 9.71. The molecule has 0 aliphatic heterocycles. The second kappa shape index (κ2) is 9.50. The molecule has 0 rings (SSSR count). The van der Waals surface area contributed by atoms with Crippen LogP contribution in [0.3, 0.4) is 0 Å². The Hall–Kier alpha value is 0.500. The number of hydrogen-bond acceptors (Lipinski definition) is 2. The smallest absolute Gasteiger partial charge is 0.382 e. The first-order chi connectivity index (χ1) is 3.63. The molecule has 0 unspecified atom stereocenters. The van der Waals surface area contributed by atoms with Gasteiger partial charge in [0.15, 0.2) is 0 Å². The minimum atomic E-state index is -1.44. The fourth-order valence-electron chi connectivity index (χ4n) is 0.107. The predicted octanol–water partition coefficient (Wildman–Crippen LogP) is -1.60. The number of aliphatic carboxylic acids is 2. The number of carboxylic acids is 2. The van der Waals surface area contributed by atoms with Gasteiger partial charge in [0.2, 0.25) is 0 Å². The molecule has 0 atom stereocenters. The van der Waals surface area contributed by atoms with E-state index in [4.69, 9.17) is 10.2 Å². The van der Waals surface area contributed by atoms with Crippen molar-refractivity contribution in [1.29, 1.82) is 0 Å². The normalized spacial score (nSPS) is 5.20. The second-order valence-corrected chi connectivity index (χ2v) is 0.860. The van der Waals surface area contributed by atoms with Crippen molar-refractivity contribution in [3.8, 4) is 11.8 Å². The minimum Gasteiger partial charge on any atom is -0.472 e. The molecule has 0 saturated carbocycles. The molecule has 2 radical (unpaired) electrons. The van der Waals surface area contributed by atoms with Gasteiger partial charge in [-0.15, -0.1) is 0 Å². The van der Waals surface area contributed by atoms with E-state index in [1.807, 2.05) is 0 Å². The van der Waals surface area contributed by atoms with E-state index in [2.05, 4.69) is 0 Å². The van der Waals surface area contributed by atoms with Gasteiger partial charge in [-0.3, -0.25) is 0 Å². The molecule has 2 N–H and O–H groups in total. The van der Waals surface area contributed by atoms with Crippen molar-refractivity contribution in [2.24, 2.45) is 0 Å². The monoisotopic (exact) mass is 160 g/mol. The van der Waals surface area contributed by atoms with Gasteiger partial charge in [0, 0.05) is 71.0 Å². The molecule has 0 bridgehead atoms. The third kappa shape index (κ3) is 15.8. The maximum absolute atomic E-state index is 9.47. The first-order valence-corrected chi connectivity index (χ1v) is 1.61. The summed E-state index contributed by atoms with van der Waals surface area (Å²) in [7, 11) is 0. The van der Waals surface area contributed by atoms with Crippen molar-refractivity contribution < 1.29 is 19.8 Å². The van der Waals surface area contributed by atoms with Crippen LogP contribution in [-0.4, -0.2) is 81.3 Å². The summed E-state index contributed by atoms with van der Waals surface area (Å²) in [5.41, 5.74) is 0. The van der Waals surface area contributed by atoms with Gasteiger partial charge in [-0.25, -0.2) is 9.59 Å². The molecule has 0 aliphatic carbocycles. The number of hydrogen-bond donors (Lipinski definition) is 2. The van der Waals surface area contributed by atoms with Crippen molar-refractivity contribution in [2.75, 3.05) is 0 Å². The molecule has 44 valence electrons. The first kappa shape index (κ1) is 16.8. The van der Waals surface area contributed by atoms with E-state index >= 15 is 0 Å². The molecule has 0 aromatic carbocycles. The average molecular weight is 160 g/mol. The quantitative estimate of drug-likeness (QED) is 0.330. The standard InChI is InChI=1S/C4H2O4.2Na/c5-3(6)1-2-4(7)8;;/h(H,5,6)(H,7,8);;. The van der Waals surface area contributed by atoms with Crippen LogP contribution in [0.2, 0.25) is 0 Å². The van der Waals surface area contributed by atoms with Gasteiger partial charge in [0.05, 0.1) is 0 Å². The maximum Gasteiger partial charge on any atom is 0.382 e. The molecular formula is C4H2Na2O4. The van der Waals surface area contributed by atoms with Gasteiger partial charge < -0.3 is 10.2 Å². The summed E-state index contributed by atoms with van der Waals surface area (Å²) in [6.45, 7) is 0. The Balaban J connectivity index is -0.000000245. The molecule has 0 spiro atoms. The summed E-state index contributed by atoms with van der Waals surface area (Å²) in [5, 5.41) is 15.5. The van der Waals surface area contributed by atoms with Crippen LogP contribution in [0, 0.1) is 11.8 Å². The van der Waals surface area contributed by atoms with E-state index in [-0.39, 0.29) is 59.1 Å². The Bertz CT molecular complexity index is 159. The summed E-state index contributed by atoms with van der Waals surface area (Å²) in [6, 6.07) is 0. The van der Waals surface area contributed by atoms with Crippen molar-refractivity contribution in [3.63, 3.8) is 0 Å². The zero-order valence-electron chi connectivity index (χ0n) is 5.71. The van der Waals surface area contributed by atoms with Crippen LogP contribution in [0.1, 0.15) is 0 Å². The van der Waals surface area contributed by atoms with E-state index in [0.29, 0.717) is 0 Å². The summed E-state index contributed by atoms with van der Waals surface area (Å²) < 4.78 is 0. The summed E-state index contributed by atoms with van der Waals surface area (Å²) in [6.07, 6.45) is 0. The Morgan fingerprint density at radius 2 is 1.10 bits per heavy atom. The SMILES string of the molecule is O=C(O)C#CC(=O)O.[Na].[Na]. The molecule has 0 aliphatic rings. The van der Waals surface area contributed by atoms with E-state index in [9.17, 15) is 9.59 Å². The van der Waals surface area contributed by atoms with Gasteiger partial charge >= 0.3 is 11.9 Å². The Kier molecular flexibility index (Phi) is 16.0. The molecular weight excluding hydrogens is 158 g/mol. The van der Waals surface area contributed by atoms with E-state index < -0.39 is 11.9 Å². The zero-order chi connectivity index (χ0) is 6.57. The van der Waals surface area contributed by atoms with Crippen LogP contribution in [0.5, 0.6) is 0 Å². The van der Waals surface area contributed by atoms with Crippen LogP contribution in [0.25, 0.3) is 0 Å². The van der Waals surface area contributed by atoms with E-state index in [1.54, 1.807) is 0 Å². The molecule has 10 heavy (non-hydrogen) atoms. The predicted molar refractivity (Wildman–Crippen MR) is 34.6 cm³/mol. The topological polar surface area (TPSA) is 74.6 Å². The van der Waals surface area contributed by atoms with Crippen LogP contribution in [-0.2, 0) is 9.59 Å². The molecule has 0 fully saturated rings. The van der Waals surface area contributed by atoms with Crippen molar-refractivity contribution in [2.45, 2.75) is 0 Å². The Morgan fingerprint density at radius 1 is 0.900 bits per heavy atom. The summed E-state index contributed by atoms with van der Waals surface area (Å²) >= 11 is 0. The van der Waals surface area contributed by atoms with Crippen molar-refractivity contribution in [3.05, 3.63) is 0 Å². The molecule has 4 nitrogen and oxygen atoms in total. The Labute approximate surface area is 102 Å². The van der Waals surface area contributed by atoms with Crippen LogP contribution < -0.4 is 0 Å². The van der Waals surface area contributed by atoms with E-state index in [0.717, 1.165) is 0 Å². The third-order valence-electron chi connectivity index (χ3n) is 0.276. The summed E-state index contributed by atoms with van der Waals surface area (Å²) in [5.74, 6) is -0.0511.